The molecule has 1 N–H and O–H groups in total. The highest BCUT2D eigenvalue weighted by molar-refractivity contribution is 5.72. The van der Waals surface area contributed by atoms with Crippen LogP contribution in [-0.2, 0) is 19.1 Å². The van der Waals surface area contributed by atoms with Crippen molar-refractivity contribution in [1.82, 2.24) is 0 Å². The van der Waals surface area contributed by atoms with Crippen LogP contribution >= 0.6 is 0 Å². The van der Waals surface area contributed by atoms with E-state index in [1.54, 1.807) is 0 Å². The number of carbonyl (C=O) groups excluding carboxylic acids is 2. The predicted molar refractivity (Wildman–Crippen MR) is 150 cm³/mol. The Bertz CT molecular complexity index is 862. The highest BCUT2D eigenvalue weighted by Crippen LogP contribution is 2.68. The van der Waals surface area contributed by atoms with Gasteiger partial charge in [-0.3, -0.25) is 9.59 Å². The first-order valence-electron chi connectivity index (χ1n) is 15.8. The second-order valence-corrected chi connectivity index (χ2v) is 15.2. The van der Waals surface area contributed by atoms with Crippen LogP contribution in [0.5, 0.6) is 0 Å². The molecule has 11 unspecified atom stereocenters. The number of hydrogen-bond donors (Lipinski definition) is 1. The third-order valence-corrected chi connectivity index (χ3v) is 12.0. The molecule has 0 spiro atoms. The van der Waals surface area contributed by atoms with E-state index in [9.17, 15) is 14.7 Å². The van der Waals surface area contributed by atoms with E-state index in [4.69, 9.17) is 9.47 Å². The maximum atomic E-state index is 12.5. The topological polar surface area (TPSA) is 72.8 Å². The van der Waals surface area contributed by atoms with E-state index in [0.717, 1.165) is 44.9 Å². The molecule has 5 heteroatoms. The summed E-state index contributed by atoms with van der Waals surface area (Å²) in [6.07, 6.45) is 10.7. The van der Waals surface area contributed by atoms with Crippen molar-refractivity contribution in [2.75, 3.05) is 0 Å². The summed E-state index contributed by atoms with van der Waals surface area (Å²) in [6, 6.07) is 0. The standard InChI is InChI=1S/C33H56O5/c1-9-20(2)30(36)37-23-16-17-32(7)22(18-23)11-12-24-26-14-13-25(33(26,8)28(34)19-27(24)32)21(3)10-15-29(35)38-31(4,5)6/h20-28,34H,9-19H2,1-8H3. The van der Waals surface area contributed by atoms with Crippen LogP contribution in [0.4, 0.5) is 0 Å². The average molecular weight is 533 g/mol. The largest absolute Gasteiger partial charge is 0.462 e. The Hall–Kier alpha value is -1.10. The van der Waals surface area contributed by atoms with Crippen LogP contribution < -0.4 is 0 Å². The lowest BCUT2D eigenvalue weighted by atomic mass is 9.43. The molecule has 11 atom stereocenters. The smallest absolute Gasteiger partial charge is 0.308 e. The van der Waals surface area contributed by atoms with Crippen LogP contribution in [0, 0.1) is 52.3 Å². The quantitative estimate of drug-likeness (QED) is 0.348. The summed E-state index contributed by atoms with van der Waals surface area (Å²) in [4.78, 5) is 24.9. The molecule has 4 aliphatic rings. The summed E-state index contributed by atoms with van der Waals surface area (Å²) in [5.74, 6) is 3.05. The maximum Gasteiger partial charge on any atom is 0.308 e. The first-order valence-corrected chi connectivity index (χ1v) is 15.8. The molecule has 0 aliphatic heterocycles. The highest BCUT2D eigenvalue weighted by Gasteiger charge is 2.63. The Labute approximate surface area is 232 Å². The molecule has 0 aromatic rings. The Morgan fingerprint density at radius 2 is 1.71 bits per heavy atom. The molecular formula is C33H56O5. The molecule has 4 aliphatic carbocycles. The lowest BCUT2D eigenvalue weighted by Crippen LogP contribution is -2.59. The first kappa shape index (κ1) is 29.9. The minimum Gasteiger partial charge on any atom is -0.462 e. The monoisotopic (exact) mass is 532 g/mol. The van der Waals surface area contributed by atoms with E-state index in [0.29, 0.717) is 41.9 Å². The first-order chi connectivity index (χ1) is 17.7. The molecule has 0 heterocycles. The summed E-state index contributed by atoms with van der Waals surface area (Å²) in [7, 11) is 0. The van der Waals surface area contributed by atoms with Gasteiger partial charge >= 0.3 is 11.9 Å². The molecule has 4 saturated carbocycles. The fourth-order valence-electron chi connectivity index (χ4n) is 9.64. The number of rotatable bonds is 7. The second-order valence-electron chi connectivity index (χ2n) is 15.2. The number of ether oxygens (including phenoxy) is 2. The van der Waals surface area contributed by atoms with Crippen molar-refractivity contribution in [1.29, 1.82) is 0 Å². The van der Waals surface area contributed by atoms with Gasteiger partial charge in [-0.15, -0.1) is 0 Å². The minimum absolute atomic E-state index is 0.0212. The van der Waals surface area contributed by atoms with E-state index in [1.807, 2.05) is 34.6 Å². The van der Waals surface area contributed by atoms with Crippen molar-refractivity contribution in [3.8, 4) is 0 Å². The molecule has 0 bridgehead atoms. The summed E-state index contributed by atoms with van der Waals surface area (Å²) in [5, 5.41) is 11.8. The fraction of sp³-hybridized carbons (Fsp3) is 0.939. The molecule has 0 amide bonds. The van der Waals surface area contributed by atoms with Gasteiger partial charge in [0, 0.05) is 6.42 Å². The van der Waals surface area contributed by atoms with Crippen LogP contribution in [0.15, 0.2) is 0 Å². The van der Waals surface area contributed by atoms with E-state index in [2.05, 4.69) is 20.8 Å². The zero-order chi connectivity index (χ0) is 28.0. The zero-order valence-corrected chi connectivity index (χ0v) is 25.6. The van der Waals surface area contributed by atoms with Crippen molar-refractivity contribution in [2.45, 2.75) is 144 Å². The van der Waals surface area contributed by atoms with Gasteiger partial charge in [0.05, 0.1) is 12.0 Å². The lowest BCUT2D eigenvalue weighted by molar-refractivity contribution is -0.183. The number of aliphatic hydroxyl groups excluding tert-OH is 1. The van der Waals surface area contributed by atoms with Gasteiger partial charge in [-0.2, -0.15) is 0 Å². The molecule has 5 nitrogen and oxygen atoms in total. The summed E-state index contributed by atoms with van der Waals surface area (Å²) in [6.45, 7) is 16.9. The molecule has 4 rings (SSSR count). The van der Waals surface area contributed by atoms with Gasteiger partial charge in [0.2, 0.25) is 0 Å². The van der Waals surface area contributed by atoms with Crippen molar-refractivity contribution in [2.24, 2.45) is 52.3 Å². The van der Waals surface area contributed by atoms with Crippen molar-refractivity contribution >= 4 is 11.9 Å². The van der Waals surface area contributed by atoms with Crippen molar-refractivity contribution in [3.63, 3.8) is 0 Å². The molecular weight excluding hydrogens is 476 g/mol. The van der Waals surface area contributed by atoms with E-state index in [-0.39, 0.29) is 40.9 Å². The minimum atomic E-state index is -0.441. The summed E-state index contributed by atoms with van der Waals surface area (Å²) < 4.78 is 11.5. The van der Waals surface area contributed by atoms with Gasteiger partial charge in [-0.25, -0.2) is 0 Å². The van der Waals surface area contributed by atoms with E-state index in [1.165, 1.54) is 19.3 Å². The highest BCUT2D eigenvalue weighted by atomic mass is 16.6. The number of esters is 2. The Morgan fingerprint density at radius 1 is 1.00 bits per heavy atom. The fourth-order valence-corrected chi connectivity index (χ4v) is 9.64. The third-order valence-electron chi connectivity index (χ3n) is 12.0. The molecule has 0 saturated heterocycles. The molecule has 38 heavy (non-hydrogen) atoms. The number of fused-ring (bicyclic) bond motifs is 5. The average Bonchev–Trinajstić information content (AvgIpc) is 3.20. The molecule has 218 valence electrons. The van der Waals surface area contributed by atoms with Gasteiger partial charge < -0.3 is 14.6 Å². The Kier molecular flexibility index (Phi) is 8.69. The van der Waals surface area contributed by atoms with Gasteiger partial charge in [-0.05, 0) is 131 Å². The van der Waals surface area contributed by atoms with Gasteiger partial charge in [-0.1, -0.05) is 34.6 Å². The Balaban J connectivity index is 1.42. The van der Waals surface area contributed by atoms with Crippen LogP contribution in [0.2, 0.25) is 0 Å². The SMILES string of the molecule is CCC(C)C(=O)OC1CCC2(C)C(CCC3C2CC(O)C2(C)C(C(C)CCC(=O)OC(C)(C)C)CCC32)C1. The summed E-state index contributed by atoms with van der Waals surface area (Å²) in [5.41, 5.74) is -0.283. The molecule has 4 fully saturated rings. The van der Waals surface area contributed by atoms with Gasteiger partial charge in [0.25, 0.3) is 0 Å². The van der Waals surface area contributed by atoms with Crippen molar-refractivity contribution in [3.05, 3.63) is 0 Å². The second kappa shape index (κ2) is 11.1. The van der Waals surface area contributed by atoms with Crippen LogP contribution in [0.3, 0.4) is 0 Å². The van der Waals surface area contributed by atoms with Crippen molar-refractivity contribution < 1.29 is 24.2 Å². The van der Waals surface area contributed by atoms with Gasteiger partial charge in [0.15, 0.2) is 0 Å². The normalized spacial score (nSPS) is 42.3. The number of hydrogen-bond acceptors (Lipinski definition) is 5. The number of aliphatic hydroxyl groups is 1. The predicted octanol–water partition coefficient (Wildman–Crippen LogP) is 7.33. The Morgan fingerprint density at radius 3 is 2.37 bits per heavy atom. The number of carbonyl (C=O) groups is 2. The maximum absolute atomic E-state index is 12.5. The summed E-state index contributed by atoms with van der Waals surface area (Å²) >= 11 is 0. The molecule has 0 aromatic carbocycles. The van der Waals surface area contributed by atoms with E-state index < -0.39 is 5.60 Å². The van der Waals surface area contributed by atoms with Gasteiger partial charge in [0.1, 0.15) is 11.7 Å². The van der Waals surface area contributed by atoms with E-state index >= 15 is 0 Å². The third kappa shape index (κ3) is 5.56. The van der Waals surface area contributed by atoms with Crippen LogP contribution in [0.1, 0.15) is 126 Å². The van der Waals surface area contributed by atoms with Crippen LogP contribution in [-0.4, -0.2) is 34.9 Å². The molecule has 0 radical (unpaired) electrons. The molecule has 0 aromatic heterocycles. The lowest BCUT2D eigenvalue weighted by Gasteiger charge is -2.62. The zero-order valence-electron chi connectivity index (χ0n) is 25.6. The van der Waals surface area contributed by atoms with Crippen LogP contribution in [0.25, 0.3) is 0 Å².